The molecule has 3 heteroatoms. The second-order valence-corrected chi connectivity index (χ2v) is 4.80. The van der Waals surface area contributed by atoms with Crippen molar-refractivity contribution < 1.29 is 9.53 Å². The lowest BCUT2D eigenvalue weighted by Gasteiger charge is -2.12. The fraction of sp³-hybridized carbons (Fsp3) is 0.188. The smallest absolute Gasteiger partial charge is 0.313 e. The van der Waals surface area contributed by atoms with Crippen molar-refractivity contribution in [2.24, 2.45) is 0 Å². The van der Waals surface area contributed by atoms with Gasteiger partial charge in [-0.1, -0.05) is 54.1 Å². The summed E-state index contributed by atoms with van der Waals surface area (Å²) in [6.45, 7) is 2.13. The van der Waals surface area contributed by atoms with E-state index in [2.05, 4.69) is 0 Å². The number of rotatable bonds is 4. The van der Waals surface area contributed by atoms with Crippen LogP contribution in [0.25, 0.3) is 0 Å². The van der Waals surface area contributed by atoms with Gasteiger partial charge in [0.25, 0.3) is 0 Å². The zero-order valence-corrected chi connectivity index (χ0v) is 11.4. The molecule has 98 valence electrons. The molecule has 2 aromatic carbocycles. The van der Waals surface area contributed by atoms with Crippen molar-refractivity contribution in [3.05, 3.63) is 70.7 Å². The van der Waals surface area contributed by atoms with Crippen molar-refractivity contribution >= 4 is 17.6 Å². The number of esters is 1. The van der Waals surface area contributed by atoms with Gasteiger partial charge in [-0.05, 0) is 30.2 Å². The van der Waals surface area contributed by atoms with Gasteiger partial charge in [0, 0.05) is 5.02 Å². The SMILES string of the molecule is CC(C(=O)OCc1ccccc1)c1ccc(Cl)cc1. The maximum atomic E-state index is 11.9. The van der Waals surface area contributed by atoms with Crippen molar-refractivity contribution in [3.63, 3.8) is 0 Å². The van der Waals surface area contributed by atoms with Gasteiger partial charge in [-0.3, -0.25) is 4.79 Å². The van der Waals surface area contributed by atoms with Gasteiger partial charge in [-0.2, -0.15) is 0 Å². The van der Waals surface area contributed by atoms with Crippen LogP contribution in [0.2, 0.25) is 5.02 Å². The number of carbonyl (C=O) groups is 1. The van der Waals surface area contributed by atoms with Crippen LogP contribution >= 0.6 is 11.6 Å². The maximum absolute atomic E-state index is 11.9. The summed E-state index contributed by atoms with van der Waals surface area (Å²) in [6, 6.07) is 16.9. The Labute approximate surface area is 118 Å². The van der Waals surface area contributed by atoms with Crippen LogP contribution in [-0.4, -0.2) is 5.97 Å². The van der Waals surface area contributed by atoms with E-state index in [0.717, 1.165) is 11.1 Å². The van der Waals surface area contributed by atoms with E-state index in [-0.39, 0.29) is 11.9 Å². The van der Waals surface area contributed by atoms with Crippen LogP contribution < -0.4 is 0 Å². The quantitative estimate of drug-likeness (QED) is 0.782. The van der Waals surface area contributed by atoms with Crippen LogP contribution in [0.15, 0.2) is 54.6 Å². The first-order valence-corrected chi connectivity index (χ1v) is 6.50. The van der Waals surface area contributed by atoms with Crippen molar-refractivity contribution in [1.82, 2.24) is 0 Å². The standard InChI is InChI=1S/C16H15ClO2/c1-12(14-7-9-15(17)10-8-14)16(18)19-11-13-5-3-2-4-6-13/h2-10,12H,11H2,1H3. The van der Waals surface area contributed by atoms with Gasteiger partial charge in [0.2, 0.25) is 0 Å². The molecule has 0 aromatic heterocycles. The first-order chi connectivity index (χ1) is 9.16. The number of hydrogen-bond donors (Lipinski definition) is 0. The minimum Gasteiger partial charge on any atom is -0.460 e. The molecule has 0 bridgehead atoms. The lowest BCUT2D eigenvalue weighted by Crippen LogP contribution is -2.13. The summed E-state index contributed by atoms with van der Waals surface area (Å²) >= 11 is 5.82. The third-order valence-electron chi connectivity index (χ3n) is 2.95. The monoisotopic (exact) mass is 274 g/mol. The van der Waals surface area contributed by atoms with Crippen molar-refractivity contribution in [1.29, 1.82) is 0 Å². The molecule has 1 unspecified atom stereocenters. The van der Waals surface area contributed by atoms with E-state index in [1.165, 1.54) is 0 Å². The largest absolute Gasteiger partial charge is 0.460 e. The van der Waals surface area contributed by atoms with Crippen LogP contribution in [0.4, 0.5) is 0 Å². The molecule has 19 heavy (non-hydrogen) atoms. The first kappa shape index (κ1) is 13.6. The maximum Gasteiger partial charge on any atom is 0.313 e. The molecular weight excluding hydrogens is 260 g/mol. The highest BCUT2D eigenvalue weighted by Crippen LogP contribution is 2.19. The van der Waals surface area contributed by atoms with E-state index in [1.54, 1.807) is 12.1 Å². The first-order valence-electron chi connectivity index (χ1n) is 6.13. The number of ether oxygens (including phenoxy) is 1. The molecular formula is C16H15ClO2. The molecule has 0 fully saturated rings. The Balaban J connectivity index is 1.94. The molecule has 0 aliphatic rings. The summed E-state index contributed by atoms with van der Waals surface area (Å²) in [5.41, 5.74) is 1.89. The molecule has 0 aliphatic carbocycles. The molecule has 1 atom stereocenters. The minimum atomic E-state index is -0.291. The van der Waals surface area contributed by atoms with Gasteiger partial charge in [0.1, 0.15) is 6.61 Å². The minimum absolute atomic E-state index is 0.230. The van der Waals surface area contributed by atoms with Crippen LogP contribution in [0.1, 0.15) is 24.0 Å². The van der Waals surface area contributed by atoms with E-state index >= 15 is 0 Å². The zero-order chi connectivity index (χ0) is 13.7. The Morgan fingerprint density at radius 2 is 1.74 bits per heavy atom. The summed E-state index contributed by atoms with van der Waals surface area (Å²) < 4.78 is 5.30. The summed E-state index contributed by atoms with van der Waals surface area (Å²) in [7, 11) is 0. The van der Waals surface area contributed by atoms with Crippen LogP contribution in [0.5, 0.6) is 0 Å². The van der Waals surface area contributed by atoms with Gasteiger partial charge in [-0.15, -0.1) is 0 Å². The Bertz CT molecular complexity index is 534. The Hall–Kier alpha value is -1.80. The summed E-state index contributed by atoms with van der Waals surface area (Å²) in [4.78, 5) is 11.9. The van der Waals surface area contributed by atoms with Gasteiger partial charge in [0.05, 0.1) is 5.92 Å². The summed E-state index contributed by atoms with van der Waals surface area (Å²) in [5.74, 6) is -0.521. The van der Waals surface area contributed by atoms with Gasteiger partial charge >= 0.3 is 5.97 Å². The van der Waals surface area contributed by atoms with Gasteiger partial charge in [0.15, 0.2) is 0 Å². The van der Waals surface area contributed by atoms with Crippen molar-refractivity contribution in [3.8, 4) is 0 Å². The Morgan fingerprint density at radius 3 is 2.37 bits per heavy atom. The van der Waals surface area contributed by atoms with E-state index < -0.39 is 0 Å². The van der Waals surface area contributed by atoms with Crippen molar-refractivity contribution in [2.75, 3.05) is 0 Å². The van der Waals surface area contributed by atoms with Gasteiger partial charge < -0.3 is 4.74 Å². The molecule has 0 aliphatic heterocycles. The average Bonchev–Trinajstić information content (AvgIpc) is 2.46. The van der Waals surface area contributed by atoms with Crippen LogP contribution in [-0.2, 0) is 16.1 Å². The molecule has 0 spiro atoms. The third kappa shape index (κ3) is 3.83. The fourth-order valence-electron chi connectivity index (χ4n) is 1.74. The highest BCUT2D eigenvalue weighted by atomic mass is 35.5. The predicted molar refractivity (Wildman–Crippen MR) is 76.1 cm³/mol. The number of carbonyl (C=O) groups excluding carboxylic acids is 1. The fourth-order valence-corrected chi connectivity index (χ4v) is 1.87. The number of hydrogen-bond acceptors (Lipinski definition) is 2. The van der Waals surface area contributed by atoms with E-state index in [1.807, 2.05) is 49.4 Å². The second kappa shape index (κ2) is 6.39. The molecule has 0 N–H and O–H groups in total. The van der Waals surface area contributed by atoms with E-state index in [9.17, 15) is 4.79 Å². The molecule has 0 saturated heterocycles. The number of benzene rings is 2. The topological polar surface area (TPSA) is 26.3 Å². The Kier molecular flexibility index (Phi) is 4.58. The predicted octanol–water partition coefficient (Wildman–Crippen LogP) is 4.19. The number of halogens is 1. The molecule has 0 saturated carbocycles. The molecule has 0 heterocycles. The summed E-state index contributed by atoms with van der Waals surface area (Å²) in [5, 5.41) is 0.661. The molecule has 2 nitrogen and oxygen atoms in total. The highest BCUT2D eigenvalue weighted by molar-refractivity contribution is 6.30. The highest BCUT2D eigenvalue weighted by Gasteiger charge is 2.16. The molecule has 0 amide bonds. The summed E-state index contributed by atoms with van der Waals surface area (Å²) in [6.07, 6.45) is 0. The second-order valence-electron chi connectivity index (χ2n) is 4.37. The van der Waals surface area contributed by atoms with E-state index in [0.29, 0.717) is 11.6 Å². The normalized spacial score (nSPS) is 11.9. The van der Waals surface area contributed by atoms with E-state index in [4.69, 9.17) is 16.3 Å². The Morgan fingerprint density at radius 1 is 1.11 bits per heavy atom. The van der Waals surface area contributed by atoms with Crippen LogP contribution in [0.3, 0.4) is 0 Å². The van der Waals surface area contributed by atoms with Gasteiger partial charge in [-0.25, -0.2) is 0 Å². The average molecular weight is 275 g/mol. The molecule has 0 radical (unpaired) electrons. The molecule has 2 rings (SSSR count). The third-order valence-corrected chi connectivity index (χ3v) is 3.20. The van der Waals surface area contributed by atoms with Crippen molar-refractivity contribution in [2.45, 2.75) is 19.4 Å². The zero-order valence-electron chi connectivity index (χ0n) is 10.7. The molecule has 2 aromatic rings. The van der Waals surface area contributed by atoms with Crippen LogP contribution in [0, 0.1) is 0 Å². The lowest BCUT2D eigenvalue weighted by atomic mass is 10.0. The lowest BCUT2D eigenvalue weighted by molar-refractivity contribution is -0.146.